The second-order valence-corrected chi connectivity index (χ2v) is 3.87. The summed E-state index contributed by atoms with van der Waals surface area (Å²) in [5, 5.41) is 0. The van der Waals surface area contributed by atoms with Crippen molar-refractivity contribution in [2.24, 2.45) is 5.92 Å². The molecule has 0 bridgehead atoms. The van der Waals surface area contributed by atoms with Gasteiger partial charge in [-0.1, -0.05) is 19.9 Å². The fraction of sp³-hybridized carbons (Fsp3) is 0.500. The van der Waals surface area contributed by atoms with Crippen LogP contribution < -0.4 is 5.56 Å². The minimum atomic E-state index is -0.105. The van der Waals surface area contributed by atoms with E-state index in [2.05, 4.69) is 0 Å². The number of hydrogen-bond acceptors (Lipinski definition) is 2. The first-order valence-electron chi connectivity index (χ1n) is 5.25. The maximum atomic E-state index is 11.7. The van der Waals surface area contributed by atoms with Crippen LogP contribution in [0.3, 0.4) is 0 Å². The summed E-state index contributed by atoms with van der Waals surface area (Å²) in [7, 11) is 0. The molecule has 0 aromatic carbocycles. The van der Waals surface area contributed by atoms with Gasteiger partial charge in [0.25, 0.3) is 5.56 Å². The number of ketones is 1. The van der Waals surface area contributed by atoms with Crippen LogP contribution in [0.1, 0.15) is 26.0 Å². The van der Waals surface area contributed by atoms with Crippen LogP contribution in [0.2, 0.25) is 0 Å². The predicted molar refractivity (Wildman–Crippen MR) is 59.9 cm³/mol. The lowest BCUT2D eigenvalue weighted by atomic mass is 10.0. The highest BCUT2D eigenvalue weighted by Crippen LogP contribution is 2.04. The molecule has 1 aromatic heterocycles. The average molecular weight is 207 g/mol. The minimum absolute atomic E-state index is 0.0245. The van der Waals surface area contributed by atoms with Gasteiger partial charge in [0.05, 0.1) is 6.54 Å². The molecule has 0 N–H and O–H groups in total. The van der Waals surface area contributed by atoms with Gasteiger partial charge in [-0.2, -0.15) is 0 Å². The van der Waals surface area contributed by atoms with Gasteiger partial charge in [-0.3, -0.25) is 9.59 Å². The molecule has 15 heavy (non-hydrogen) atoms. The number of Topliss-reactive ketones (excluding diaryl/α,β-unsaturated/α-hetero) is 1. The Morgan fingerprint density at radius 2 is 2.13 bits per heavy atom. The number of aromatic nitrogens is 1. The van der Waals surface area contributed by atoms with E-state index >= 15 is 0 Å². The molecule has 0 aliphatic rings. The molecule has 3 heteroatoms. The fourth-order valence-electron chi connectivity index (χ4n) is 1.37. The highest BCUT2D eigenvalue weighted by atomic mass is 16.1. The van der Waals surface area contributed by atoms with Crippen LogP contribution in [-0.2, 0) is 11.3 Å². The lowest BCUT2D eigenvalue weighted by Crippen LogP contribution is -2.27. The van der Waals surface area contributed by atoms with E-state index in [9.17, 15) is 9.59 Å². The first-order chi connectivity index (χ1) is 7.06. The van der Waals surface area contributed by atoms with Crippen molar-refractivity contribution in [3.05, 3.63) is 34.2 Å². The van der Waals surface area contributed by atoms with Crippen LogP contribution in [-0.4, -0.2) is 10.4 Å². The summed E-state index contributed by atoms with van der Waals surface area (Å²) < 4.78 is 1.52. The van der Waals surface area contributed by atoms with Gasteiger partial charge < -0.3 is 4.57 Å². The van der Waals surface area contributed by atoms with E-state index in [0.29, 0.717) is 0 Å². The number of rotatable bonds is 4. The van der Waals surface area contributed by atoms with Gasteiger partial charge in [-0.15, -0.1) is 0 Å². The van der Waals surface area contributed by atoms with E-state index in [4.69, 9.17) is 0 Å². The molecule has 1 rings (SSSR count). The largest absolute Gasteiger partial charge is 0.306 e. The van der Waals surface area contributed by atoms with Crippen molar-refractivity contribution in [3.63, 3.8) is 0 Å². The van der Waals surface area contributed by atoms with Crippen LogP contribution in [0.15, 0.2) is 23.0 Å². The maximum absolute atomic E-state index is 11.7. The molecule has 0 saturated carbocycles. The second kappa shape index (κ2) is 4.91. The summed E-state index contributed by atoms with van der Waals surface area (Å²) >= 11 is 0. The third-order valence-electron chi connectivity index (χ3n) is 2.74. The molecule has 1 unspecified atom stereocenters. The lowest BCUT2D eigenvalue weighted by molar-refractivity contribution is -0.123. The van der Waals surface area contributed by atoms with Gasteiger partial charge in [0.1, 0.15) is 0 Å². The molecule has 3 nitrogen and oxygen atoms in total. The summed E-state index contributed by atoms with van der Waals surface area (Å²) in [4.78, 5) is 23.2. The number of carbonyl (C=O) groups is 1. The Hall–Kier alpha value is -1.38. The summed E-state index contributed by atoms with van der Waals surface area (Å²) in [5.41, 5.74) is 0.728. The molecule has 1 atom stereocenters. The third kappa shape index (κ3) is 2.78. The number of nitrogens with zero attached hydrogens (tertiary/aromatic N) is 1. The van der Waals surface area contributed by atoms with E-state index in [0.717, 1.165) is 12.1 Å². The minimum Gasteiger partial charge on any atom is -0.306 e. The van der Waals surface area contributed by atoms with Crippen LogP contribution in [0.25, 0.3) is 0 Å². The van der Waals surface area contributed by atoms with Crippen LogP contribution in [0.4, 0.5) is 0 Å². The third-order valence-corrected chi connectivity index (χ3v) is 2.74. The number of pyridine rings is 1. The average Bonchev–Trinajstić information content (AvgIpc) is 2.22. The van der Waals surface area contributed by atoms with E-state index in [1.165, 1.54) is 10.6 Å². The van der Waals surface area contributed by atoms with Crippen molar-refractivity contribution in [3.8, 4) is 0 Å². The smallest absolute Gasteiger partial charge is 0.251 e. The number of aryl methyl sites for hydroxylation is 1. The standard InChI is InChI=1S/C12H17NO2/c1-4-9(2)11(14)8-13-10(3)6-5-7-12(13)15/h5-7,9H,4,8H2,1-3H3. The van der Waals surface area contributed by atoms with Gasteiger partial charge in [-0.25, -0.2) is 0 Å². The zero-order valence-corrected chi connectivity index (χ0v) is 9.49. The molecule has 0 spiro atoms. The fourth-order valence-corrected chi connectivity index (χ4v) is 1.37. The Bertz CT molecular complexity index is 406. The first kappa shape index (κ1) is 11.7. The van der Waals surface area contributed by atoms with Crippen molar-refractivity contribution in [2.75, 3.05) is 0 Å². The van der Waals surface area contributed by atoms with Gasteiger partial charge in [0.15, 0.2) is 5.78 Å². The molecule has 0 aliphatic carbocycles. The van der Waals surface area contributed by atoms with Crippen molar-refractivity contribution in [1.82, 2.24) is 4.57 Å². The normalized spacial score (nSPS) is 12.5. The van der Waals surface area contributed by atoms with E-state index in [1.807, 2.05) is 26.8 Å². The number of carbonyl (C=O) groups excluding carboxylic acids is 1. The van der Waals surface area contributed by atoms with Crippen LogP contribution in [0, 0.1) is 12.8 Å². The van der Waals surface area contributed by atoms with Gasteiger partial charge in [-0.05, 0) is 19.4 Å². The van der Waals surface area contributed by atoms with Crippen molar-refractivity contribution >= 4 is 5.78 Å². The van der Waals surface area contributed by atoms with Crippen molar-refractivity contribution in [2.45, 2.75) is 33.7 Å². The first-order valence-corrected chi connectivity index (χ1v) is 5.25. The molecular formula is C12H17NO2. The molecule has 0 amide bonds. The Morgan fingerprint density at radius 1 is 1.47 bits per heavy atom. The van der Waals surface area contributed by atoms with E-state index < -0.39 is 0 Å². The summed E-state index contributed by atoms with van der Waals surface area (Å²) in [6.45, 7) is 5.90. The molecule has 1 heterocycles. The Morgan fingerprint density at radius 3 is 2.67 bits per heavy atom. The maximum Gasteiger partial charge on any atom is 0.251 e. The Balaban J connectivity index is 2.90. The summed E-state index contributed by atoms with van der Waals surface area (Å²) in [6, 6.07) is 5.03. The van der Waals surface area contributed by atoms with Crippen molar-refractivity contribution < 1.29 is 4.79 Å². The monoisotopic (exact) mass is 207 g/mol. The van der Waals surface area contributed by atoms with Crippen LogP contribution >= 0.6 is 0 Å². The van der Waals surface area contributed by atoms with Gasteiger partial charge in [0, 0.05) is 17.7 Å². The topological polar surface area (TPSA) is 39.1 Å². The van der Waals surface area contributed by atoms with Crippen LogP contribution in [0.5, 0.6) is 0 Å². The quantitative estimate of drug-likeness (QED) is 0.754. The zero-order chi connectivity index (χ0) is 11.4. The highest BCUT2D eigenvalue weighted by molar-refractivity contribution is 5.80. The Labute approximate surface area is 89.7 Å². The molecule has 0 saturated heterocycles. The predicted octanol–water partition coefficient (Wildman–Crippen LogP) is 1.77. The summed E-state index contributed by atoms with van der Waals surface area (Å²) in [6.07, 6.45) is 0.819. The molecule has 0 radical (unpaired) electrons. The molecule has 1 aromatic rings. The second-order valence-electron chi connectivity index (χ2n) is 3.87. The molecule has 0 aliphatic heterocycles. The van der Waals surface area contributed by atoms with E-state index in [-0.39, 0.29) is 23.8 Å². The SMILES string of the molecule is CCC(C)C(=O)Cn1c(C)cccc1=O. The van der Waals surface area contributed by atoms with E-state index in [1.54, 1.807) is 6.07 Å². The molecular weight excluding hydrogens is 190 g/mol. The Kier molecular flexibility index (Phi) is 3.83. The summed E-state index contributed by atoms with van der Waals surface area (Å²) in [5.74, 6) is 0.144. The lowest BCUT2D eigenvalue weighted by Gasteiger charge is -2.11. The highest BCUT2D eigenvalue weighted by Gasteiger charge is 2.12. The zero-order valence-electron chi connectivity index (χ0n) is 9.49. The van der Waals surface area contributed by atoms with Gasteiger partial charge in [0.2, 0.25) is 0 Å². The number of hydrogen-bond donors (Lipinski definition) is 0. The van der Waals surface area contributed by atoms with Crippen molar-refractivity contribution in [1.29, 1.82) is 0 Å². The molecule has 0 fully saturated rings. The molecule has 82 valence electrons. The van der Waals surface area contributed by atoms with Gasteiger partial charge >= 0.3 is 0 Å².